The number of carboxylic acid groups (broad SMARTS) is 1. The van der Waals surface area contributed by atoms with Crippen molar-refractivity contribution in [2.75, 3.05) is 32.6 Å². The van der Waals surface area contributed by atoms with Crippen LogP contribution in [0.3, 0.4) is 0 Å². The third kappa shape index (κ3) is 7.84. The van der Waals surface area contributed by atoms with Crippen molar-refractivity contribution in [1.29, 1.82) is 0 Å². The number of carboxylic acids is 1. The molecular formula is C37H45ClN4O9S. The first-order chi connectivity index (χ1) is 24.9. The standard InChI is InChI=1S/C37H45ClN4O9S/c1-6-22-17-37(22,35(45)46)41-33(43)26-15-24(18-42(26)34(44)31(19(3)4)40-36(47)51-23-13-20-12-21(20)14-23)50-28-16-29(52-7-2)39-32-25(28)8-9-27(30(32)38)49-11-10-48-5/h6,8-9,16,20-24,26,31H,1,3,7,10-15,17-18H2,2,4-5H3,(H,40,47)(H,41,43)(H,45,46)/t20-,21+,22-,23+,24-,26+,31+,37-/m1/s1. The zero-order valence-electron chi connectivity index (χ0n) is 29.5. The average molecular weight is 757 g/mol. The number of aromatic nitrogens is 1. The Balaban J connectivity index is 1.27. The number of halogens is 1. The number of fused-ring (bicyclic) bond motifs is 2. The second-order valence-electron chi connectivity index (χ2n) is 14.0. The van der Waals surface area contributed by atoms with Gasteiger partial charge in [-0.2, -0.15) is 0 Å². The fourth-order valence-corrected chi connectivity index (χ4v) is 8.25. The molecule has 1 aromatic carbocycles. The van der Waals surface area contributed by atoms with E-state index in [1.54, 1.807) is 32.2 Å². The number of alkyl carbamates (subject to hydrolysis) is 1. The van der Waals surface area contributed by atoms with Crippen LogP contribution in [0.15, 0.2) is 48.0 Å². The number of rotatable bonds is 16. The van der Waals surface area contributed by atoms with Crippen molar-refractivity contribution in [1.82, 2.24) is 20.5 Å². The van der Waals surface area contributed by atoms with Crippen molar-refractivity contribution in [2.45, 2.75) is 80.8 Å². The SMILES string of the molecule is C=C[C@@H]1C[C@]1(NC(=O)[C@@H]1C[C@@H](Oc2cc(SCC)nc3c(Cl)c(OCCOC)ccc23)CN1C(=O)[C@@H](NC(=O)O[C@@H]1C[C@@H]2C[C@@H]2C1)C(=C)C)C(=O)O. The minimum Gasteiger partial charge on any atom is -0.490 e. The number of thioether (sulfide) groups is 1. The second kappa shape index (κ2) is 15.5. The third-order valence-corrected chi connectivity index (χ3v) is 11.5. The molecule has 13 nitrogen and oxygen atoms in total. The maximum Gasteiger partial charge on any atom is 0.408 e. The van der Waals surface area contributed by atoms with E-state index in [1.165, 1.54) is 22.7 Å². The summed E-state index contributed by atoms with van der Waals surface area (Å²) in [6.45, 7) is 11.9. The Kier molecular flexibility index (Phi) is 11.3. The van der Waals surface area contributed by atoms with Crippen molar-refractivity contribution in [3.8, 4) is 11.5 Å². The number of pyridine rings is 1. The summed E-state index contributed by atoms with van der Waals surface area (Å²) in [6.07, 6.45) is 2.86. The number of aliphatic carboxylic acids is 1. The molecule has 2 aromatic rings. The monoisotopic (exact) mass is 756 g/mol. The van der Waals surface area contributed by atoms with E-state index in [0.717, 1.165) is 25.0 Å². The van der Waals surface area contributed by atoms with Crippen LogP contribution in [0.5, 0.6) is 11.5 Å². The van der Waals surface area contributed by atoms with Crippen LogP contribution in [0.1, 0.15) is 46.0 Å². The first-order valence-electron chi connectivity index (χ1n) is 17.5. The number of benzene rings is 1. The van der Waals surface area contributed by atoms with Gasteiger partial charge in [-0.3, -0.25) is 9.59 Å². The molecule has 0 unspecified atom stereocenters. The smallest absolute Gasteiger partial charge is 0.408 e. The fourth-order valence-electron chi connectivity index (χ4n) is 7.35. The van der Waals surface area contributed by atoms with E-state index < -0.39 is 53.5 Å². The maximum atomic E-state index is 14.3. The number of hydrogen-bond donors (Lipinski definition) is 3. The van der Waals surface area contributed by atoms with Gasteiger partial charge in [-0.25, -0.2) is 14.6 Å². The molecule has 15 heteroatoms. The van der Waals surface area contributed by atoms with Crippen LogP contribution < -0.4 is 20.1 Å². The first-order valence-corrected chi connectivity index (χ1v) is 18.9. The molecular weight excluding hydrogens is 712 g/mol. The second-order valence-corrected chi connectivity index (χ2v) is 15.6. The number of hydrogen-bond acceptors (Lipinski definition) is 10. The summed E-state index contributed by atoms with van der Waals surface area (Å²) in [7, 11) is 1.58. The van der Waals surface area contributed by atoms with E-state index in [0.29, 0.717) is 63.1 Å². The van der Waals surface area contributed by atoms with Gasteiger partial charge in [-0.1, -0.05) is 31.2 Å². The van der Waals surface area contributed by atoms with Crippen molar-refractivity contribution < 1.29 is 43.2 Å². The summed E-state index contributed by atoms with van der Waals surface area (Å²) < 4.78 is 23.1. The van der Waals surface area contributed by atoms with Gasteiger partial charge in [0.25, 0.3) is 0 Å². The van der Waals surface area contributed by atoms with Gasteiger partial charge in [-0.05, 0) is 67.9 Å². The van der Waals surface area contributed by atoms with E-state index in [4.69, 9.17) is 35.5 Å². The molecule has 4 fully saturated rings. The number of likely N-dealkylation sites (tertiary alicyclic amines) is 1. The predicted molar refractivity (Wildman–Crippen MR) is 195 cm³/mol. The van der Waals surface area contributed by atoms with Crippen LogP contribution in [0.2, 0.25) is 5.02 Å². The molecule has 1 aliphatic heterocycles. The van der Waals surface area contributed by atoms with Crippen LogP contribution in [0.4, 0.5) is 4.79 Å². The summed E-state index contributed by atoms with van der Waals surface area (Å²) in [5, 5.41) is 16.9. The number of ether oxygens (including phenoxy) is 4. The van der Waals surface area contributed by atoms with Crippen LogP contribution in [0, 0.1) is 17.8 Å². The zero-order valence-corrected chi connectivity index (χ0v) is 31.1. The van der Waals surface area contributed by atoms with Crippen LogP contribution in [0.25, 0.3) is 10.9 Å². The van der Waals surface area contributed by atoms with Gasteiger partial charge in [-0.15, -0.1) is 18.3 Å². The van der Waals surface area contributed by atoms with Crippen LogP contribution >= 0.6 is 23.4 Å². The Morgan fingerprint density at radius 2 is 1.90 bits per heavy atom. The van der Waals surface area contributed by atoms with E-state index in [-0.39, 0.29) is 25.5 Å². The Labute approximate surface area is 311 Å². The molecule has 4 aliphatic rings. The highest BCUT2D eigenvalue weighted by molar-refractivity contribution is 7.99. The lowest BCUT2D eigenvalue weighted by Gasteiger charge is -2.29. The topological polar surface area (TPSA) is 166 Å². The Morgan fingerprint density at radius 3 is 2.54 bits per heavy atom. The van der Waals surface area contributed by atoms with E-state index in [2.05, 4.69) is 23.8 Å². The number of amides is 3. The third-order valence-electron chi connectivity index (χ3n) is 10.3. The molecule has 0 radical (unpaired) electrons. The predicted octanol–water partition coefficient (Wildman–Crippen LogP) is 4.99. The fraction of sp³-hybridized carbons (Fsp3) is 0.541. The van der Waals surface area contributed by atoms with Gasteiger partial charge < -0.3 is 39.6 Å². The largest absolute Gasteiger partial charge is 0.490 e. The van der Waals surface area contributed by atoms with Crippen molar-refractivity contribution in [2.24, 2.45) is 17.8 Å². The molecule has 3 saturated carbocycles. The number of methoxy groups -OCH3 is 1. The van der Waals surface area contributed by atoms with Crippen molar-refractivity contribution >= 4 is 58.1 Å². The molecule has 3 amide bonds. The van der Waals surface area contributed by atoms with E-state index >= 15 is 0 Å². The highest BCUT2D eigenvalue weighted by Gasteiger charge is 2.61. The highest BCUT2D eigenvalue weighted by Crippen LogP contribution is 2.52. The van der Waals surface area contributed by atoms with Crippen LogP contribution in [-0.2, 0) is 23.9 Å². The molecule has 2 heterocycles. The van der Waals surface area contributed by atoms with Gasteiger partial charge in [0, 0.05) is 30.9 Å². The number of nitrogens with zero attached hydrogens (tertiary/aromatic N) is 2. The first kappa shape index (κ1) is 37.7. The number of carbonyl (C=O) groups excluding carboxylic acids is 3. The molecule has 0 bridgehead atoms. The molecule has 3 N–H and O–H groups in total. The number of nitrogens with one attached hydrogen (secondary N) is 2. The molecule has 6 rings (SSSR count). The van der Waals surface area contributed by atoms with E-state index in [1.807, 2.05) is 6.92 Å². The van der Waals surface area contributed by atoms with E-state index in [9.17, 15) is 24.3 Å². The molecule has 280 valence electrons. The van der Waals surface area contributed by atoms with Crippen molar-refractivity contribution in [3.05, 3.63) is 48.0 Å². The Bertz CT molecular complexity index is 1770. The molecule has 1 aromatic heterocycles. The van der Waals surface area contributed by atoms with Crippen LogP contribution in [-0.4, -0.2) is 101 Å². The summed E-state index contributed by atoms with van der Waals surface area (Å²) in [4.78, 5) is 59.6. The molecule has 1 saturated heterocycles. The van der Waals surface area contributed by atoms with Crippen molar-refractivity contribution in [3.63, 3.8) is 0 Å². The lowest BCUT2D eigenvalue weighted by Crippen LogP contribution is -2.56. The lowest BCUT2D eigenvalue weighted by atomic mass is 10.1. The van der Waals surface area contributed by atoms with Gasteiger partial charge >= 0.3 is 12.1 Å². The maximum absolute atomic E-state index is 14.3. The normalized spacial score (nSPS) is 27.7. The quantitative estimate of drug-likeness (QED) is 0.120. The summed E-state index contributed by atoms with van der Waals surface area (Å²) >= 11 is 8.28. The minimum atomic E-state index is -1.52. The van der Waals surface area contributed by atoms with Gasteiger partial charge in [0.05, 0.1) is 18.7 Å². The Hall–Kier alpha value is -4.01. The number of carbonyl (C=O) groups is 4. The average Bonchev–Trinajstić information content (AvgIpc) is 3.92. The highest BCUT2D eigenvalue weighted by atomic mass is 35.5. The Morgan fingerprint density at radius 1 is 1.15 bits per heavy atom. The summed E-state index contributed by atoms with van der Waals surface area (Å²) in [6, 6.07) is 2.97. The van der Waals surface area contributed by atoms with Gasteiger partial charge in [0.1, 0.15) is 58.0 Å². The summed E-state index contributed by atoms with van der Waals surface area (Å²) in [5.41, 5.74) is -0.713. The van der Waals surface area contributed by atoms with Gasteiger partial charge in [0.15, 0.2) is 0 Å². The minimum absolute atomic E-state index is 0.0379. The molecule has 8 atom stereocenters. The molecule has 0 spiro atoms. The van der Waals surface area contributed by atoms with Gasteiger partial charge in [0.2, 0.25) is 11.8 Å². The zero-order chi connectivity index (χ0) is 37.3. The molecule has 52 heavy (non-hydrogen) atoms. The molecule has 3 aliphatic carbocycles. The summed E-state index contributed by atoms with van der Waals surface area (Å²) in [5.74, 6) is -0.0917. The lowest BCUT2D eigenvalue weighted by molar-refractivity contribution is -0.145.